The molecule has 0 fully saturated rings. The third-order valence-electron chi connectivity index (χ3n) is 0.411. The molecule has 4 nitrogen and oxygen atoms in total. The van der Waals surface area contributed by atoms with Crippen LogP contribution in [-0.4, -0.2) is 13.7 Å². The molecule has 1 atom stereocenters. The van der Waals surface area contributed by atoms with Crippen LogP contribution in [0, 0.1) is 0 Å². The summed E-state index contributed by atoms with van der Waals surface area (Å²) in [4.78, 5) is 4.29. The lowest BCUT2D eigenvalue weighted by Gasteiger charge is -1.96. The molecule has 0 amide bonds. The molecule has 0 aromatic carbocycles. The molecule has 0 aromatic heterocycles. The molecule has 0 radical (unpaired) electrons. The van der Waals surface area contributed by atoms with Gasteiger partial charge >= 0.3 is 8.25 Å². The van der Waals surface area contributed by atoms with Gasteiger partial charge in [-0.15, -0.1) is 0 Å². The lowest BCUT2D eigenvalue weighted by atomic mass is 10.9. The summed E-state index contributed by atoms with van der Waals surface area (Å²) in [6, 6.07) is 0. The van der Waals surface area contributed by atoms with Crippen molar-refractivity contribution in [3.8, 4) is 0 Å². The Bertz CT molecular complexity index is 73.7. The van der Waals surface area contributed by atoms with Gasteiger partial charge in [0, 0.05) is 7.11 Å². The summed E-state index contributed by atoms with van der Waals surface area (Å²) in [6.07, 6.45) is 0. The maximum Gasteiger partial charge on any atom is 0.346 e. The molecule has 0 aliphatic heterocycles. The third-order valence-corrected chi connectivity index (χ3v) is 0.999. The first-order chi connectivity index (χ1) is 3.81. The molecule has 50 valence electrons. The second-order valence-corrected chi connectivity index (χ2v) is 2.02. The second kappa shape index (κ2) is 5.25. The van der Waals surface area contributed by atoms with Crippen LogP contribution >= 0.6 is 8.25 Å². The molecule has 0 N–H and O–H groups in total. The van der Waals surface area contributed by atoms with E-state index in [4.69, 9.17) is 0 Å². The number of hydrogen-bond donors (Lipinski definition) is 0. The smallest absolute Gasteiger partial charge is 0.312 e. The van der Waals surface area contributed by atoms with Gasteiger partial charge in [-0.05, 0) is 6.92 Å². The van der Waals surface area contributed by atoms with Crippen molar-refractivity contribution in [2.24, 2.45) is 0 Å². The van der Waals surface area contributed by atoms with Gasteiger partial charge in [-0.25, -0.2) is 4.89 Å². The van der Waals surface area contributed by atoms with Gasteiger partial charge in [0.15, 0.2) is 0 Å². The first kappa shape index (κ1) is 8.11. The summed E-state index contributed by atoms with van der Waals surface area (Å²) >= 11 is 0. The highest BCUT2D eigenvalue weighted by Crippen LogP contribution is 2.21. The number of rotatable bonds is 4. The SMILES string of the molecule is CCOO[PH](=O)OC. The van der Waals surface area contributed by atoms with Crippen LogP contribution in [0.4, 0.5) is 0 Å². The van der Waals surface area contributed by atoms with Gasteiger partial charge < -0.3 is 4.52 Å². The first-order valence-electron chi connectivity index (χ1n) is 2.18. The van der Waals surface area contributed by atoms with Crippen LogP contribution in [0.5, 0.6) is 0 Å². The van der Waals surface area contributed by atoms with Gasteiger partial charge in [0.25, 0.3) is 0 Å². The fourth-order valence-corrected chi connectivity index (χ4v) is 0.423. The van der Waals surface area contributed by atoms with Crippen LogP contribution in [-0.2, 0) is 18.7 Å². The van der Waals surface area contributed by atoms with E-state index in [0.29, 0.717) is 6.61 Å². The molecule has 0 spiro atoms. The van der Waals surface area contributed by atoms with E-state index in [0.717, 1.165) is 0 Å². The molecule has 0 aromatic rings. The van der Waals surface area contributed by atoms with Crippen LogP contribution in [0.15, 0.2) is 0 Å². The molecule has 0 aliphatic rings. The van der Waals surface area contributed by atoms with Crippen LogP contribution < -0.4 is 0 Å². The van der Waals surface area contributed by atoms with Gasteiger partial charge in [0.05, 0.1) is 6.61 Å². The summed E-state index contributed by atoms with van der Waals surface area (Å²) < 4.78 is 18.6. The minimum Gasteiger partial charge on any atom is -0.312 e. The topological polar surface area (TPSA) is 44.8 Å². The van der Waals surface area contributed by atoms with E-state index >= 15 is 0 Å². The Balaban J connectivity index is 2.99. The highest BCUT2D eigenvalue weighted by Gasteiger charge is 1.92. The summed E-state index contributed by atoms with van der Waals surface area (Å²) in [5.41, 5.74) is 0. The van der Waals surface area contributed by atoms with Crippen molar-refractivity contribution in [2.75, 3.05) is 13.7 Å². The van der Waals surface area contributed by atoms with Crippen LogP contribution in [0.2, 0.25) is 0 Å². The van der Waals surface area contributed by atoms with Crippen molar-refractivity contribution in [1.29, 1.82) is 0 Å². The minimum atomic E-state index is -2.36. The molecule has 0 saturated heterocycles. The predicted molar refractivity (Wildman–Crippen MR) is 28.7 cm³/mol. The first-order valence-corrected chi connectivity index (χ1v) is 3.41. The van der Waals surface area contributed by atoms with Gasteiger partial charge in [-0.1, -0.05) is 0 Å². The monoisotopic (exact) mass is 140 g/mol. The maximum atomic E-state index is 10.2. The van der Waals surface area contributed by atoms with E-state index in [9.17, 15) is 4.57 Å². The zero-order valence-corrected chi connectivity index (χ0v) is 5.84. The zero-order chi connectivity index (χ0) is 6.41. The van der Waals surface area contributed by atoms with Gasteiger partial charge in [-0.3, -0.25) is 4.57 Å². The van der Waals surface area contributed by atoms with Crippen molar-refractivity contribution >= 4 is 8.25 Å². The summed E-state index contributed by atoms with van der Waals surface area (Å²) in [5, 5.41) is 0. The Morgan fingerprint density at radius 2 is 2.25 bits per heavy atom. The number of hydrogen-bond acceptors (Lipinski definition) is 4. The lowest BCUT2D eigenvalue weighted by Crippen LogP contribution is -1.84. The van der Waals surface area contributed by atoms with E-state index in [2.05, 4.69) is 14.1 Å². The zero-order valence-electron chi connectivity index (χ0n) is 4.84. The Labute approximate surface area is 48.6 Å². The third kappa shape index (κ3) is 4.27. The molecule has 0 rings (SSSR count). The molecule has 8 heavy (non-hydrogen) atoms. The van der Waals surface area contributed by atoms with Gasteiger partial charge in [-0.2, -0.15) is 4.67 Å². The lowest BCUT2D eigenvalue weighted by molar-refractivity contribution is -0.204. The highest BCUT2D eigenvalue weighted by atomic mass is 31.1. The maximum absolute atomic E-state index is 10.2. The minimum absolute atomic E-state index is 0.375. The predicted octanol–water partition coefficient (Wildman–Crippen LogP) is 0.991. The normalized spacial score (nSPS) is 13.8. The average Bonchev–Trinajstić information content (AvgIpc) is 1.83. The quantitative estimate of drug-likeness (QED) is 0.332. The molecule has 0 heterocycles. The largest absolute Gasteiger partial charge is 0.346 e. The molecular weight excluding hydrogens is 131 g/mol. The van der Waals surface area contributed by atoms with Crippen LogP contribution in [0.25, 0.3) is 0 Å². The van der Waals surface area contributed by atoms with Crippen molar-refractivity contribution in [2.45, 2.75) is 6.92 Å². The fourth-order valence-electron chi connectivity index (χ4n) is 0.141. The highest BCUT2D eigenvalue weighted by molar-refractivity contribution is 7.33. The summed E-state index contributed by atoms with van der Waals surface area (Å²) in [6.45, 7) is 2.10. The average molecular weight is 140 g/mol. The van der Waals surface area contributed by atoms with Gasteiger partial charge in [0.2, 0.25) is 0 Å². The van der Waals surface area contributed by atoms with Crippen molar-refractivity contribution in [3.05, 3.63) is 0 Å². The Morgan fingerprint density at radius 3 is 2.62 bits per heavy atom. The van der Waals surface area contributed by atoms with E-state index in [1.54, 1.807) is 6.92 Å². The molecule has 0 saturated carbocycles. The van der Waals surface area contributed by atoms with Crippen LogP contribution in [0.3, 0.4) is 0 Å². The Hall–Kier alpha value is 0.110. The molecule has 0 bridgehead atoms. The van der Waals surface area contributed by atoms with Gasteiger partial charge in [0.1, 0.15) is 0 Å². The fraction of sp³-hybridized carbons (Fsp3) is 1.00. The van der Waals surface area contributed by atoms with E-state index in [1.807, 2.05) is 0 Å². The molecular formula is C3H9O4P. The second-order valence-electron chi connectivity index (χ2n) is 0.944. The van der Waals surface area contributed by atoms with E-state index < -0.39 is 8.25 Å². The molecule has 5 heteroatoms. The summed E-state index contributed by atoms with van der Waals surface area (Å²) in [5.74, 6) is 0. The van der Waals surface area contributed by atoms with E-state index in [1.165, 1.54) is 7.11 Å². The Kier molecular flexibility index (Phi) is 5.32. The van der Waals surface area contributed by atoms with Crippen LogP contribution in [0.1, 0.15) is 6.92 Å². The standard InChI is InChI=1S/C3H9O4P/c1-3-6-7-8(4)5-2/h8H,3H2,1-2H3. The molecule has 1 unspecified atom stereocenters. The van der Waals surface area contributed by atoms with Crippen molar-refractivity contribution < 1.29 is 18.7 Å². The summed E-state index contributed by atoms with van der Waals surface area (Å²) in [7, 11) is -1.07. The molecule has 0 aliphatic carbocycles. The van der Waals surface area contributed by atoms with Crippen molar-refractivity contribution in [3.63, 3.8) is 0 Å². The van der Waals surface area contributed by atoms with E-state index in [-0.39, 0.29) is 0 Å². The van der Waals surface area contributed by atoms with Crippen molar-refractivity contribution in [1.82, 2.24) is 0 Å². The Morgan fingerprint density at radius 1 is 1.62 bits per heavy atom.